The van der Waals surface area contributed by atoms with Gasteiger partial charge in [0.1, 0.15) is 5.00 Å². The van der Waals surface area contributed by atoms with Crippen LogP contribution in [0.15, 0.2) is 0 Å². The van der Waals surface area contributed by atoms with Crippen LogP contribution in [0.1, 0.15) is 41.1 Å². The van der Waals surface area contributed by atoms with Gasteiger partial charge in [-0.1, -0.05) is 6.92 Å². The Labute approximate surface area is 112 Å². The van der Waals surface area contributed by atoms with E-state index in [4.69, 9.17) is 10.5 Å². The van der Waals surface area contributed by atoms with Gasteiger partial charge in [0.25, 0.3) is 0 Å². The topological polar surface area (TPSA) is 55.6 Å². The van der Waals surface area contributed by atoms with E-state index in [-0.39, 0.29) is 5.97 Å². The Hall–Kier alpha value is -1.07. The highest BCUT2D eigenvalue weighted by Crippen LogP contribution is 2.35. The van der Waals surface area contributed by atoms with E-state index in [0.717, 1.165) is 38.0 Å². The van der Waals surface area contributed by atoms with Crippen LogP contribution in [0.2, 0.25) is 0 Å². The van der Waals surface area contributed by atoms with Gasteiger partial charge in [0.15, 0.2) is 0 Å². The molecule has 0 saturated carbocycles. The molecule has 0 fully saturated rings. The van der Waals surface area contributed by atoms with Gasteiger partial charge in [0.2, 0.25) is 0 Å². The maximum Gasteiger partial charge on any atom is 0.341 e. The lowest BCUT2D eigenvalue weighted by Crippen LogP contribution is -2.30. The number of carbonyl (C=O) groups is 1. The SMILES string of the molecule is CCCN1CCc2c(sc(N)c2C(=O)OCC)C1. The maximum atomic E-state index is 11.9. The Morgan fingerprint density at radius 1 is 1.50 bits per heavy atom. The third kappa shape index (κ3) is 2.52. The first kappa shape index (κ1) is 13.4. The molecule has 4 nitrogen and oxygen atoms in total. The van der Waals surface area contributed by atoms with Crippen molar-refractivity contribution in [3.8, 4) is 0 Å². The van der Waals surface area contributed by atoms with Crippen molar-refractivity contribution in [2.75, 3.05) is 25.4 Å². The van der Waals surface area contributed by atoms with Crippen LogP contribution in [-0.2, 0) is 17.7 Å². The highest BCUT2D eigenvalue weighted by atomic mass is 32.1. The molecule has 0 bridgehead atoms. The largest absolute Gasteiger partial charge is 0.462 e. The number of rotatable bonds is 4. The normalized spacial score (nSPS) is 15.4. The second-order valence-corrected chi connectivity index (χ2v) is 5.63. The maximum absolute atomic E-state index is 11.9. The number of ether oxygens (including phenoxy) is 1. The monoisotopic (exact) mass is 268 g/mol. The van der Waals surface area contributed by atoms with Gasteiger partial charge in [-0.2, -0.15) is 0 Å². The number of carbonyl (C=O) groups excluding carboxylic acids is 1. The van der Waals surface area contributed by atoms with Gasteiger partial charge in [-0.15, -0.1) is 11.3 Å². The van der Waals surface area contributed by atoms with Gasteiger partial charge < -0.3 is 10.5 Å². The highest BCUT2D eigenvalue weighted by molar-refractivity contribution is 7.16. The van der Waals surface area contributed by atoms with Gasteiger partial charge in [-0.25, -0.2) is 4.79 Å². The fourth-order valence-corrected chi connectivity index (χ4v) is 3.56. The van der Waals surface area contributed by atoms with Crippen LogP contribution in [-0.4, -0.2) is 30.6 Å². The van der Waals surface area contributed by atoms with Gasteiger partial charge in [-0.3, -0.25) is 4.90 Å². The molecule has 0 radical (unpaired) electrons. The van der Waals surface area contributed by atoms with E-state index < -0.39 is 0 Å². The second-order valence-electron chi connectivity index (χ2n) is 4.49. The van der Waals surface area contributed by atoms with Crippen molar-refractivity contribution < 1.29 is 9.53 Å². The van der Waals surface area contributed by atoms with Gasteiger partial charge >= 0.3 is 5.97 Å². The van der Waals surface area contributed by atoms with Gasteiger partial charge in [0, 0.05) is 18.0 Å². The van der Waals surface area contributed by atoms with Crippen molar-refractivity contribution in [2.24, 2.45) is 0 Å². The molecule has 18 heavy (non-hydrogen) atoms. The molecule has 0 aromatic carbocycles. The second kappa shape index (κ2) is 5.71. The Morgan fingerprint density at radius 3 is 2.94 bits per heavy atom. The number of nitrogen functional groups attached to an aromatic ring is 1. The summed E-state index contributed by atoms with van der Waals surface area (Å²) < 4.78 is 5.08. The van der Waals surface area contributed by atoms with Crippen LogP contribution in [0.5, 0.6) is 0 Å². The van der Waals surface area contributed by atoms with Crippen molar-refractivity contribution >= 4 is 22.3 Å². The van der Waals surface area contributed by atoms with Crippen LogP contribution in [0.25, 0.3) is 0 Å². The first-order valence-electron chi connectivity index (χ1n) is 6.46. The first-order chi connectivity index (χ1) is 8.67. The van der Waals surface area contributed by atoms with Crippen LogP contribution >= 0.6 is 11.3 Å². The standard InChI is InChI=1S/C13H20N2O2S/c1-3-6-15-7-5-9-10(8-15)18-12(14)11(9)13(16)17-4-2/h3-8,14H2,1-2H3. The Bertz CT molecular complexity index is 442. The van der Waals surface area contributed by atoms with E-state index in [0.29, 0.717) is 17.2 Å². The zero-order valence-electron chi connectivity index (χ0n) is 11.0. The van der Waals surface area contributed by atoms with Crippen LogP contribution in [0, 0.1) is 0 Å². The zero-order valence-corrected chi connectivity index (χ0v) is 11.8. The minimum Gasteiger partial charge on any atom is -0.462 e. The predicted molar refractivity (Wildman–Crippen MR) is 74.0 cm³/mol. The number of fused-ring (bicyclic) bond motifs is 1. The molecule has 0 atom stereocenters. The number of hydrogen-bond acceptors (Lipinski definition) is 5. The number of nitrogens with zero attached hydrogens (tertiary/aromatic N) is 1. The summed E-state index contributed by atoms with van der Waals surface area (Å²) in [6, 6.07) is 0. The molecule has 1 aromatic heterocycles. The van der Waals surface area contributed by atoms with Crippen molar-refractivity contribution in [3.05, 3.63) is 16.0 Å². The quantitative estimate of drug-likeness (QED) is 0.851. The predicted octanol–water partition coefficient (Wildman–Crippen LogP) is 2.28. The van der Waals surface area contributed by atoms with Crippen molar-refractivity contribution in [1.29, 1.82) is 0 Å². The average molecular weight is 268 g/mol. The molecule has 5 heteroatoms. The third-order valence-corrected chi connectivity index (χ3v) is 4.23. The van der Waals surface area contributed by atoms with E-state index in [9.17, 15) is 4.79 Å². The van der Waals surface area contributed by atoms with E-state index in [1.54, 1.807) is 0 Å². The number of nitrogens with two attached hydrogens (primary N) is 1. The number of hydrogen-bond donors (Lipinski definition) is 1. The Kier molecular flexibility index (Phi) is 4.24. The first-order valence-corrected chi connectivity index (χ1v) is 7.28. The third-order valence-electron chi connectivity index (χ3n) is 3.18. The molecule has 0 spiro atoms. The van der Waals surface area contributed by atoms with E-state index >= 15 is 0 Å². The molecule has 1 aromatic rings. The van der Waals surface area contributed by atoms with Crippen LogP contribution in [0.3, 0.4) is 0 Å². The summed E-state index contributed by atoms with van der Waals surface area (Å²) in [4.78, 5) is 15.5. The number of thiophene rings is 1. The lowest BCUT2D eigenvalue weighted by molar-refractivity contribution is 0.0526. The van der Waals surface area contributed by atoms with Crippen molar-refractivity contribution in [2.45, 2.75) is 33.2 Å². The summed E-state index contributed by atoms with van der Waals surface area (Å²) in [5, 5.41) is 0.608. The molecule has 2 rings (SSSR count). The minimum absolute atomic E-state index is 0.267. The molecular formula is C13H20N2O2S. The summed E-state index contributed by atoms with van der Waals surface area (Å²) in [7, 11) is 0. The summed E-state index contributed by atoms with van der Waals surface area (Å²) in [5.74, 6) is -0.267. The Balaban J connectivity index is 2.23. The smallest absolute Gasteiger partial charge is 0.341 e. The lowest BCUT2D eigenvalue weighted by atomic mass is 10.0. The molecule has 2 heterocycles. The van der Waals surface area contributed by atoms with Crippen molar-refractivity contribution in [3.63, 3.8) is 0 Å². The molecular weight excluding hydrogens is 248 g/mol. The molecule has 1 aliphatic heterocycles. The van der Waals surface area contributed by atoms with Gasteiger partial charge in [-0.05, 0) is 31.9 Å². The Morgan fingerprint density at radius 2 is 2.28 bits per heavy atom. The summed E-state index contributed by atoms with van der Waals surface area (Å²) >= 11 is 1.54. The van der Waals surface area contributed by atoms with Crippen LogP contribution in [0.4, 0.5) is 5.00 Å². The van der Waals surface area contributed by atoms with E-state index in [1.807, 2.05) is 6.92 Å². The fourth-order valence-electron chi connectivity index (χ4n) is 2.41. The number of esters is 1. The van der Waals surface area contributed by atoms with E-state index in [2.05, 4.69) is 11.8 Å². The average Bonchev–Trinajstić information content (AvgIpc) is 2.65. The zero-order chi connectivity index (χ0) is 13.1. The summed E-state index contributed by atoms with van der Waals surface area (Å²) in [6.45, 7) is 7.41. The van der Waals surface area contributed by atoms with Crippen LogP contribution < -0.4 is 5.73 Å². The molecule has 0 unspecified atom stereocenters. The molecule has 2 N–H and O–H groups in total. The summed E-state index contributed by atoms with van der Waals surface area (Å²) in [5.41, 5.74) is 7.70. The molecule has 0 saturated heterocycles. The van der Waals surface area contributed by atoms with E-state index in [1.165, 1.54) is 16.2 Å². The molecule has 0 amide bonds. The van der Waals surface area contributed by atoms with Crippen molar-refractivity contribution in [1.82, 2.24) is 4.90 Å². The minimum atomic E-state index is -0.267. The molecule has 1 aliphatic rings. The fraction of sp³-hybridized carbons (Fsp3) is 0.615. The lowest BCUT2D eigenvalue weighted by Gasteiger charge is -2.26. The number of anilines is 1. The molecule has 100 valence electrons. The summed E-state index contributed by atoms with van der Waals surface area (Å²) in [6.07, 6.45) is 2.05. The highest BCUT2D eigenvalue weighted by Gasteiger charge is 2.27. The van der Waals surface area contributed by atoms with Gasteiger partial charge in [0.05, 0.1) is 12.2 Å². The molecule has 0 aliphatic carbocycles.